The van der Waals surface area contributed by atoms with Gasteiger partial charge in [-0.2, -0.15) is 0 Å². The van der Waals surface area contributed by atoms with Crippen molar-refractivity contribution in [1.82, 2.24) is 9.97 Å². The molecule has 33 heavy (non-hydrogen) atoms. The number of ketones is 1. The largest absolute Gasteiger partial charge is 0.497 e. The molecule has 1 aliphatic carbocycles. The van der Waals surface area contributed by atoms with Crippen LogP contribution in [-0.2, 0) is 11.2 Å². The van der Waals surface area contributed by atoms with Crippen LogP contribution >= 0.6 is 0 Å². The number of hydrogen-bond acceptors (Lipinski definition) is 6. The first-order valence-corrected chi connectivity index (χ1v) is 11.0. The summed E-state index contributed by atoms with van der Waals surface area (Å²) in [4.78, 5) is 34.5. The molecule has 1 amide bonds. The van der Waals surface area contributed by atoms with Gasteiger partial charge < -0.3 is 9.47 Å². The van der Waals surface area contributed by atoms with Crippen LogP contribution in [0.15, 0.2) is 54.7 Å². The highest BCUT2D eigenvalue weighted by molar-refractivity contribution is 5.99. The normalized spacial score (nSPS) is 16.0. The lowest BCUT2D eigenvalue weighted by Crippen LogP contribution is -2.25. The van der Waals surface area contributed by atoms with E-state index in [4.69, 9.17) is 9.47 Å². The Morgan fingerprint density at radius 2 is 1.91 bits per heavy atom. The van der Waals surface area contributed by atoms with Crippen molar-refractivity contribution in [2.75, 3.05) is 19.5 Å². The molecule has 7 heteroatoms. The summed E-state index contributed by atoms with van der Waals surface area (Å²) in [5.74, 6) is 0.997. The molecule has 0 saturated heterocycles. The number of ether oxygens (including phenoxy) is 2. The van der Waals surface area contributed by atoms with Crippen molar-refractivity contribution in [2.45, 2.75) is 38.0 Å². The number of methoxy groups -OCH3 is 2. The van der Waals surface area contributed by atoms with Gasteiger partial charge in [-0.3, -0.25) is 14.9 Å². The van der Waals surface area contributed by atoms with Gasteiger partial charge in [0.25, 0.3) is 0 Å². The van der Waals surface area contributed by atoms with Crippen molar-refractivity contribution in [2.24, 2.45) is 0 Å². The van der Waals surface area contributed by atoms with Crippen LogP contribution in [0.1, 0.15) is 58.8 Å². The monoisotopic (exact) mass is 445 g/mol. The molecule has 2 aromatic carbocycles. The first kappa shape index (κ1) is 22.5. The summed E-state index contributed by atoms with van der Waals surface area (Å²) in [6.45, 7) is 1.97. The summed E-state index contributed by atoms with van der Waals surface area (Å²) in [5, 5.41) is 2.83. The van der Waals surface area contributed by atoms with E-state index >= 15 is 0 Å². The molecule has 1 aliphatic rings. The van der Waals surface area contributed by atoms with Crippen molar-refractivity contribution in [3.8, 4) is 11.5 Å². The molecule has 0 unspecified atom stereocenters. The molecule has 3 aromatic rings. The second-order valence-corrected chi connectivity index (χ2v) is 8.05. The number of anilines is 1. The SMILES string of the molecule is CC[C@@H](C(=O)Nc1ncc2c(n1)C[C@H](c1ccc(OC)cc1OC)CC2=O)c1ccccc1. The molecule has 0 aliphatic heterocycles. The maximum absolute atomic E-state index is 12.9. The van der Waals surface area contributed by atoms with Gasteiger partial charge in [-0.1, -0.05) is 43.3 Å². The lowest BCUT2D eigenvalue weighted by atomic mass is 9.82. The molecule has 0 bridgehead atoms. The van der Waals surface area contributed by atoms with Crippen LogP contribution in [0.3, 0.4) is 0 Å². The zero-order valence-electron chi connectivity index (χ0n) is 19.0. The molecule has 1 N–H and O–H groups in total. The van der Waals surface area contributed by atoms with Crippen LogP contribution in [0.5, 0.6) is 11.5 Å². The van der Waals surface area contributed by atoms with Crippen LogP contribution in [0.4, 0.5) is 5.95 Å². The van der Waals surface area contributed by atoms with E-state index in [1.165, 1.54) is 6.20 Å². The number of fused-ring (bicyclic) bond motifs is 1. The van der Waals surface area contributed by atoms with Crippen molar-refractivity contribution in [1.29, 1.82) is 0 Å². The highest BCUT2D eigenvalue weighted by Gasteiger charge is 2.30. The lowest BCUT2D eigenvalue weighted by molar-refractivity contribution is -0.117. The minimum absolute atomic E-state index is 0.0206. The maximum Gasteiger partial charge on any atom is 0.234 e. The first-order valence-electron chi connectivity index (χ1n) is 11.0. The fourth-order valence-electron chi connectivity index (χ4n) is 4.34. The van der Waals surface area contributed by atoms with Gasteiger partial charge in [0.2, 0.25) is 11.9 Å². The van der Waals surface area contributed by atoms with Crippen LogP contribution in [-0.4, -0.2) is 35.9 Å². The molecule has 1 heterocycles. The van der Waals surface area contributed by atoms with Gasteiger partial charge in [0.15, 0.2) is 5.78 Å². The molecule has 0 saturated carbocycles. The molecule has 0 radical (unpaired) electrons. The van der Waals surface area contributed by atoms with Gasteiger partial charge in [0, 0.05) is 24.6 Å². The van der Waals surface area contributed by atoms with E-state index in [1.807, 2.05) is 55.5 Å². The lowest BCUT2D eigenvalue weighted by Gasteiger charge is -2.25. The third kappa shape index (κ3) is 4.72. The number of amides is 1. The molecule has 7 nitrogen and oxygen atoms in total. The molecular weight excluding hydrogens is 418 g/mol. The quantitative estimate of drug-likeness (QED) is 0.574. The second-order valence-electron chi connectivity index (χ2n) is 8.05. The van der Waals surface area contributed by atoms with Gasteiger partial charge in [-0.05, 0) is 30.0 Å². The van der Waals surface area contributed by atoms with Crippen LogP contribution < -0.4 is 14.8 Å². The zero-order chi connectivity index (χ0) is 23.4. The van der Waals surface area contributed by atoms with E-state index in [-0.39, 0.29) is 29.5 Å². The number of nitrogens with one attached hydrogen (secondary N) is 1. The maximum atomic E-state index is 12.9. The van der Waals surface area contributed by atoms with Gasteiger partial charge in [-0.15, -0.1) is 0 Å². The number of nitrogens with zero attached hydrogens (tertiary/aromatic N) is 2. The van der Waals surface area contributed by atoms with Crippen LogP contribution in [0.2, 0.25) is 0 Å². The minimum atomic E-state index is -0.302. The van der Waals surface area contributed by atoms with Crippen molar-refractivity contribution >= 4 is 17.6 Å². The zero-order valence-corrected chi connectivity index (χ0v) is 19.0. The third-order valence-corrected chi connectivity index (χ3v) is 6.08. The molecular formula is C26H27N3O4. The molecule has 0 spiro atoms. The first-order chi connectivity index (χ1) is 16.0. The van der Waals surface area contributed by atoms with Crippen molar-refractivity contribution < 1.29 is 19.1 Å². The Morgan fingerprint density at radius 1 is 1.12 bits per heavy atom. The molecule has 170 valence electrons. The topological polar surface area (TPSA) is 90.4 Å². The van der Waals surface area contributed by atoms with E-state index in [1.54, 1.807) is 14.2 Å². The van der Waals surface area contributed by atoms with Crippen LogP contribution in [0, 0.1) is 0 Å². The van der Waals surface area contributed by atoms with Crippen LogP contribution in [0.25, 0.3) is 0 Å². The molecule has 0 fully saturated rings. The van der Waals surface area contributed by atoms with Gasteiger partial charge in [-0.25, -0.2) is 9.97 Å². The van der Waals surface area contributed by atoms with E-state index in [2.05, 4.69) is 15.3 Å². The smallest absolute Gasteiger partial charge is 0.234 e. The number of rotatable bonds is 7. The number of carbonyl (C=O) groups is 2. The Bertz CT molecular complexity index is 1160. The van der Waals surface area contributed by atoms with E-state index in [0.29, 0.717) is 42.0 Å². The van der Waals surface area contributed by atoms with Gasteiger partial charge in [0.05, 0.1) is 31.4 Å². The molecule has 1 aromatic heterocycles. The predicted octanol–water partition coefficient (Wildman–Crippen LogP) is 4.54. The fourth-order valence-corrected chi connectivity index (χ4v) is 4.34. The summed E-state index contributed by atoms with van der Waals surface area (Å²) < 4.78 is 10.8. The highest BCUT2D eigenvalue weighted by atomic mass is 16.5. The number of aromatic nitrogens is 2. The average Bonchev–Trinajstić information content (AvgIpc) is 2.84. The summed E-state index contributed by atoms with van der Waals surface area (Å²) in [6, 6.07) is 15.2. The Kier molecular flexibility index (Phi) is 6.68. The number of Topliss-reactive ketones (excluding diaryl/α,β-unsaturated/α-hetero) is 1. The number of carbonyl (C=O) groups excluding carboxylic acids is 2. The van der Waals surface area contributed by atoms with E-state index in [0.717, 1.165) is 11.1 Å². The Balaban J connectivity index is 1.57. The summed E-state index contributed by atoms with van der Waals surface area (Å²) in [6.07, 6.45) is 3.06. The number of benzene rings is 2. The fraction of sp³-hybridized carbons (Fsp3) is 0.308. The predicted molar refractivity (Wildman–Crippen MR) is 125 cm³/mol. The Hall–Kier alpha value is -3.74. The molecule has 4 rings (SSSR count). The highest BCUT2D eigenvalue weighted by Crippen LogP contribution is 2.38. The Morgan fingerprint density at radius 3 is 2.61 bits per heavy atom. The summed E-state index contributed by atoms with van der Waals surface area (Å²) >= 11 is 0. The standard InChI is InChI=1S/C26H27N3O4/c1-4-19(16-8-6-5-7-9-16)25(31)29-26-27-15-21-22(28-26)12-17(13-23(21)30)20-11-10-18(32-2)14-24(20)33-3/h5-11,14-15,17,19H,4,12-13H2,1-3H3,(H,27,28,29,31)/t17-,19+/m0/s1. The average molecular weight is 446 g/mol. The Labute approximate surface area is 193 Å². The molecule has 2 atom stereocenters. The summed E-state index contributed by atoms with van der Waals surface area (Å²) in [5.41, 5.74) is 3.01. The summed E-state index contributed by atoms with van der Waals surface area (Å²) in [7, 11) is 3.20. The van der Waals surface area contributed by atoms with E-state index < -0.39 is 0 Å². The van der Waals surface area contributed by atoms with Crippen molar-refractivity contribution in [3.05, 3.63) is 77.1 Å². The van der Waals surface area contributed by atoms with Gasteiger partial charge in [0.1, 0.15) is 11.5 Å². The second kappa shape index (κ2) is 9.81. The van der Waals surface area contributed by atoms with Gasteiger partial charge >= 0.3 is 0 Å². The minimum Gasteiger partial charge on any atom is -0.497 e. The third-order valence-electron chi connectivity index (χ3n) is 6.08. The van der Waals surface area contributed by atoms with Crippen molar-refractivity contribution in [3.63, 3.8) is 0 Å². The number of hydrogen-bond donors (Lipinski definition) is 1. The van der Waals surface area contributed by atoms with E-state index in [9.17, 15) is 9.59 Å².